The molecule has 6 heteroatoms. The van der Waals surface area contributed by atoms with Gasteiger partial charge in [0.05, 0.1) is 20.3 Å². The number of benzene rings is 1. The number of fused-ring (bicyclic) bond motifs is 1. The molecule has 0 aliphatic carbocycles. The maximum absolute atomic E-state index is 12.4. The minimum absolute atomic E-state index is 0.167. The van der Waals surface area contributed by atoms with Gasteiger partial charge in [0.1, 0.15) is 5.76 Å². The largest absolute Gasteiger partial charge is 0.493 e. The Morgan fingerprint density at radius 1 is 1.26 bits per heavy atom. The number of nitrogens with one attached hydrogen (secondary N) is 1. The number of carbonyl (C=O) groups is 1. The smallest absolute Gasteiger partial charge is 0.287 e. The minimum Gasteiger partial charge on any atom is -0.493 e. The van der Waals surface area contributed by atoms with Crippen molar-refractivity contribution in [1.29, 1.82) is 0 Å². The third kappa shape index (κ3) is 4.11. The fourth-order valence-electron chi connectivity index (χ4n) is 3.82. The number of furan rings is 1. The summed E-state index contributed by atoms with van der Waals surface area (Å²) in [6.07, 6.45) is 3.34. The van der Waals surface area contributed by atoms with Crippen LogP contribution in [0.5, 0.6) is 11.5 Å². The molecule has 6 nitrogen and oxygen atoms in total. The Kier molecular flexibility index (Phi) is 5.34. The molecule has 0 radical (unpaired) electrons. The second-order valence-corrected chi connectivity index (χ2v) is 7.29. The zero-order chi connectivity index (χ0) is 18.6. The molecule has 0 bridgehead atoms. The van der Waals surface area contributed by atoms with Crippen LogP contribution in [0.15, 0.2) is 34.7 Å². The Labute approximate surface area is 159 Å². The highest BCUT2D eigenvalue weighted by Crippen LogP contribution is 2.35. The summed E-state index contributed by atoms with van der Waals surface area (Å²) in [6, 6.07) is 9.57. The van der Waals surface area contributed by atoms with Crippen molar-refractivity contribution < 1.29 is 18.7 Å². The third-order valence-corrected chi connectivity index (χ3v) is 5.27. The van der Waals surface area contributed by atoms with Crippen molar-refractivity contribution in [1.82, 2.24) is 10.2 Å². The van der Waals surface area contributed by atoms with Crippen molar-refractivity contribution in [2.75, 3.05) is 33.4 Å². The van der Waals surface area contributed by atoms with E-state index in [0.29, 0.717) is 18.9 Å². The van der Waals surface area contributed by atoms with Crippen molar-refractivity contribution in [2.24, 2.45) is 5.92 Å². The molecule has 1 saturated heterocycles. The van der Waals surface area contributed by atoms with Crippen LogP contribution in [-0.2, 0) is 13.0 Å². The van der Waals surface area contributed by atoms with Crippen LogP contribution in [0.3, 0.4) is 0 Å². The molecule has 3 heterocycles. The van der Waals surface area contributed by atoms with E-state index in [-0.39, 0.29) is 11.8 Å². The molecule has 0 spiro atoms. The maximum atomic E-state index is 12.4. The summed E-state index contributed by atoms with van der Waals surface area (Å²) in [5, 5.41) is 2.98. The number of hydrogen-bond acceptors (Lipinski definition) is 5. The highest BCUT2D eigenvalue weighted by Gasteiger charge is 2.24. The molecule has 144 valence electrons. The van der Waals surface area contributed by atoms with Gasteiger partial charge >= 0.3 is 0 Å². The van der Waals surface area contributed by atoms with Crippen molar-refractivity contribution in [3.8, 4) is 11.5 Å². The molecule has 27 heavy (non-hydrogen) atoms. The average Bonchev–Trinajstić information content (AvgIpc) is 3.38. The summed E-state index contributed by atoms with van der Waals surface area (Å²) >= 11 is 0. The van der Waals surface area contributed by atoms with Gasteiger partial charge in [-0.1, -0.05) is 12.1 Å². The fourth-order valence-corrected chi connectivity index (χ4v) is 3.82. The molecular weight excluding hydrogens is 344 g/mol. The SMILES string of the molecule is COc1cccc2c1OC[C@@H](CNC(=O)c1ccc(CN3CCCC3)o1)C2. The van der Waals surface area contributed by atoms with E-state index >= 15 is 0 Å². The van der Waals surface area contributed by atoms with Crippen molar-refractivity contribution >= 4 is 5.91 Å². The second-order valence-electron chi connectivity index (χ2n) is 7.29. The van der Waals surface area contributed by atoms with Gasteiger partial charge in [-0.3, -0.25) is 9.69 Å². The molecule has 0 saturated carbocycles. The van der Waals surface area contributed by atoms with Crippen LogP contribution in [0.2, 0.25) is 0 Å². The molecule has 1 fully saturated rings. The van der Waals surface area contributed by atoms with Crippen LogP contribution in [0.25, 0.3) is 0 Å². The van der Waals surface area contributed by atoms with E-state index in [1.807, 2.05) is 24.3 Å². The van der Waals surface area contributed by atoms with Gasteiger partial charge in [-0.15, -0.1) is 0 Å². The number of likely N-dealkylation sites (tertiary alicyclic amines) is 1. The first-order valence-electron chi connectivity index (χ1n) is 9.61. The molecule has 2 aliphatic rings. The van der Waals surface area contributed by atoms with Gasteiger partial charge in [0.2, 0.25) is 0 Å². The molecule has 2 aromatic rings. The lowest BCUT2D eigenvalue weighted by Gasteiger charge is -2.26. The summed E-state index contributed by atoms with van der Waals surface area (Å²) < 4.78 is 16.9. The summed E-state index contributed by atoms with van der Waals surface area (Å²) in [4.78, 5) is 14.8. The van der Waals surface area contributed by atoms with Crippen LogP contribution in [0.4, 0.5) is 0 Å². The van der Waals surface area contributed by atoms with Gasteiger partial charge in [-0.25, -0.2) is 0 Å². The van der Waals surface area contributed by atoms with Crippen molar-refractivity contribution in [2.45, 2.75) is 25.8 Å². The number of nitrogens with zero attached hydrogens (tertiary/aromatic N) is 1. The van der Waals surface area contributed by atoms with E-state index in [1.54, 1.807) is 13.2 Å². The Balaban J connectivity index is 1.30. The molecule has 1 atom stereocenters. The number of amides is 1. The lowest BCUT2D eigenvalue weighted by atomic mass is 9.96. The quantitative estimate of drug-likeness (QED) is 0.847. The first-order chi connectivity index (χ1) is 13.2. The predicted octanol–water partition coefficient (Wildman–Crippen LogP) is 2.87. The molecule has 2 aliphatic heterocycles. The Morgan fingerprint density at radius 2 is 2.11 bits per heavy atom. The molecule has 0 unspecified atom stereocenters. The molecular formula is C21H26N2O4. The number of ether oxygens (including phenoxy) is 2. The topological polar surface area (TPSA) is 63.9 Å². The first-order valence-corrected chi connectivity index (χ1v) is 9.61. The highest BCUT2D eigenvalue weighted by atomic mass is 16.5. The maximum Gasteiger partial charge on any atom is 0.287 e. The third-order valence-electron chi connectivity index (χ3n) is 5.27. The summed E-state index contributed by atoms with van der Waals surface area (Å²) in [6.45, 7) is 4.11. The Bertz CT molecular complexity index is 795. The first kappa shape index (κ1) is 17.9. The van der Waals surface area contributed by atoms with E-state index < -0.39 is 0 Å². The lowest BCUT2D eigenvalue weighted by molar-refractivity contribution is 0.0907. The zero-order valence-corrected chi connectivity index (χ0v) is 15.7. The number of methoxy groups -OCH3 is 1. The van der Waals surface area contributed by atoms with Gasteiger partial charge in [0.15, 0.2) is 17.3 Å². The van der Waals surface area contributed by atoms with Crippen LogP contribution in [-0.4, -0.2) is 44.2 Å². The van der Waals surface area contributed by atoms with Gasteiger partial charge < -0.3 is 19.2 Å². The van der Waals surface area contributed by atoms with Crippen LogP contribution in [0.1, 0.15) is 34.7 Å². The summed E-state index contributed by atoms with van der Waals surface area (Å²) in [7, 11) is 1.65. The van der Waals surface area contributed by atoms with Crippen molar-refractivity contribution in [3.05, 3.63) is 47.4 Å². The predicted molar refractivity (Wildman–Crippen MR) is 101 cm³/mol. The van der Waals surface area contributed by atoms with E-state index in [4.69, 9.17) is 13.9 Å². The normalized spacial score (nSPS) is 19.4. The lowest BCUT2D eigenvalue weighted by Crippen LogP contribution is -2.34. The van der Waals surface area contributed by atoms with Crippen LogP contribution in [0, 0.1) is 5.92 Å². The van der Waals surface area contributed by atoms with E-state index in [0.717, 1.165) is 48.9 Å². The number of carbonyl (C=O) groups excluding carboxylic acids is 1. The summed E-state index contributed by atoms with van der Waals surface area (Å²) in [5.74, 6) is 2.87. The number of hydrogen-bond donors (Lipinski definition) is 1. The molecule has 1 aromatic carbocycles. The van der Waals surface area contributed by atoms with Crippen molar-refractivity contribution in [3.63, 3.8) is 0 Å². The summed E-state index contributed by atoms with van der Waals surface area (Å²) in [5.41, 5.74) is 1.12. The van der Waals surface area contributed by atoms with Gasteiger partial charge in [0, 0.05) is 12.5 Å². The monoisotopic (exact) mass is 370 g/mol. The van der Waals surface area contributed by atoms with E-state index in [9.17, 15) is 4.79 Å². The second kappa shape index (κ2) is 8.05. The average molecular weight is 370 g/mol. The molecule has 1 N–H and O–H groups in total. The Hall–Kier alpha value is -2.47. The van der Waals surface area contributed by atoms with E-state index in [1.165, 1.54) is 12.8 Å². The molecule has 1 aromatic heterocycles. The number of para-hydroxylation sites is 1. The minimum atomic E-state index is -0.167. The van der Waals surface area contributed by atoms with Crippen LogP contribution < -0.4 is 14.8 Å². The zero-order valence-electron chi connectivity index (χ0n) is 15.7. The van der Waals surface area contributed by atoms with Gasteiger partial charge in [0.25, 0.3) is 5.91 Å². The van der Waals surface area contributed by atoms with Gasteiger partial charge in [-0.2, -0.15) is 0 Å². The fraction of sp³-hybridized carbons (Fsp3) is 0.476. The van der Waals surface area contributed by atoms with E-state index in [2.05, 4.69) is 10.2 Å². The van der Waals surface area contributed by atoms with Crippen LogP contribution >= 0.6 is 0 Å². The molecule has 1 amide bonds. The standard InChI is InChI=1S/C21H26N2O4/c1-25-18-6-4-5-16-11-15(14-26-20(16)18)12-22-21(24)19-8-7-17(27-19)13-23-9-2-3-10-23/h4-8,15H,2-3,9-14H2,1H3,(H,22,24)/t15-/m1/s1. The highest BCUT2D eigenvalue weighted by molar-refractivity contribution is 5.91. The molecule has 4 rings (SSSR count). The number of rotatable bonds is 6. The van der Waals surface area contributed by atoms with Gasteiger partial charge in [-0.05, 0) is 56.1 Å². The Morgan fingerprint density at radius 3 is 2.93 bits per heavy atom.